The Hall–Kier alpha value is -2.12. The van der Waals surface area contributed by atoms with Crippen LogP contribution in [0.5, 0.6) is 0 Å². The molecule has 0 aromatic carbocycles. The zero-order valence-corrected chi connectivity index (χ0v) is 13.2. The third kappa shape index (κ3) is 4.44. The molecule has 1 aliphatic heterocycles. The van der Waals surface area contributed by atoms with Crippen LogP contribution >= 0.6 is 0 Å². The molecule has 1 saturated heterocycles. The first-order chi connectivity index (χ1) is 10.2. The van der Waals surface area contributed by atoms with Crippen LogP contribution in [0.15, 0.2) is 12.4 Å². The van der Waals surface area contributed by atoms with Gasteiger partial charge in [-0.05, 0) is 39.5 Å². The van der Waals surface area contributed by atoms with E-state index in [4.69, 9.17) is 4.74 Å². The normalized spacial score (nSPS) is 19.0. The highest BCUT2D eigenvalue weighted by Crippen LogP contribution is 2.21. The molecule has 0 saturated carbocycles. The van der Waals surface area contributed by atoms with Crippen LogP contribution in [0.2, 0.25) is 0 Å². The van der Waals surface area contributed by atoms with Gasteiger partial charge in [-0.1, -0.05) is 0 Å². The molecule has 0 N–H and O–H groups in total. The molecule has 2 rings (SSSR count). The van der Waals surface area contributed by atoms with Gasteiger partial charge in [0.1, 0.15) is 18.0 Å². The SMILES string of the molecule is CC(C)(C)OC(=O)N1CCC[C@H](Cn2cc([N+](=O)[O-])cn2)C1. The molecule has 122 valence electrons. The molecule has 1 aliphatic rings. The van der Waals surface area contributed by atoms with Crippen LogP contribution in [0.4, 0.5) is 10.5 Å². The van der Waals surface area contributed by atoms with E-state index in [0.717, 1.165) is 12.8 Å². The molecule has 22 heavy (non-hydrogen) atoms. The van der Waals surface area contributed by atoms with E-state index < -0.39 is 10.5 Å². The minimum Gasteiger partial charge on any atom is -0.444 e. The number of nitrogens with zero attached hydrogens (tertiary/aromatic N) is 4. The summed E-state index contributed by atoms with van der Waals surface area (Å²) in [6.45, 7) is 7.36. The number of aromatic nitrogens is 2. The minimum atomic E-state index is -0.507. The molecule has 8 nitrogen and oxygen atoms in total. The van der Waals surface area contributed by atoms with Crippen LogP contribution in [0.25, 0.3) is 0 Å². The molecule has 1 atom stereocenters. The van der Waals surface area contributed by atoms with E-state index in [9.17, 15) is 14.9 Å². The van der Waals surface area contributed by atoms with Crippen LogP contribution < -0.4 is 0 Å². The van der Waals surface area contributed by atoms with E-state index in [2.05, 4.69) is 5.10 Å². The van der Waals surface area contributed by atoms with Crippen LogP contribution in [-0.4, -0.2) is 44.4 Å². The summed E-state index contributed by atoms with van der Waals surface area (Å²) in [4.78, 5) is 24.0. The lowest BCUT2D eigenvalue weighted by Gasteiger charge is -2.34. The molecule has 0 radical (unpaired) electrons. The van der Waals surface area contributed by atoms with Crippen molar-refractivity contribution >= 4 is 11.8 Å². The van der Waals surface area contributed by atoms with Crippen molar-refractivity contribution in [2.75, 3.05) is 13.1 Å². The van der Waals surface area contributed by atoms with E-state index in [1.807, 2.05) is 20.8 Å². The quantitative estimate of drug-likeness (QED) is 0.631. The van der Waals surface area contributed by atoms with Gasteiger partial charge in [0.05, 0.1) is 4.92 Å². The Labute approximate surface area is 129 Å². The van der Waals surface area contributed by atoms with E-state index >= 15 is 0 Å². The van der Waals surface area contributed by atoms with Gasteiger partial charge in [0.25, 0.3) is 0 Å². The number of likely N-dealkylation sites (tertiary alicyclic amines) is 1. The Morgan fingerprint density at radius 1 is 1.55 bits per heavy atom. The maximum Gasteiger partial charge on any atom is 0.410 e. The van der Waals surface area contributed by atoms with E-state index in [1.54, 1.807) is 9.58 Å². The first kappa shape index (κ1) is 16.3. The minimum absolute atomic E-state index is 0.0141. The number of hydrogen-bond donors (Lipinski definition) is 0. The number of carbonyl (C=O) groups excluding carboxylic acids is 1. The van der Waals surface area contributed by atoms with Gasteiger partial charge < -0.3 is 9.64 Å². The van der Waals surface area contributed by atoms with Crippen LogP contribution in [0.3, 0.4) is 0 Å². The smallest absolute Gasteiger partial charge is 0.410 e. The Bertz CT molecular complexity index is 549. The summed E-state index contributed by atoms with van der Waals surface area (Å²) in [5.74, 6) is 0.223. The number of carbonyl (C=O) groups is 1. The maximum absolute atomic E-state index is 12.1. The van der Waals surface area contributed by atoms with Gasteiger partial charge in [-0.15, -0.1) is 0 Å². The second-order valence-electron chi connectivity index (χ2n) is 6.61. The lowest BCUT2D eigenvalue weighted by molar-refractivity contribution is -0.385. The molecule has 0 aliphatic carbocycles. The van der Waals surface area contributed by atoms with Gasteiger partial charge in [-0.2, -0.15) is 5.10 Å². The van der Waals surface area contributed by atoms with Crippen molar-refractivity contribution in [2.24, 2.45) is 5.92 Å². The molecular weight excluding hydrogens is 288 g/mol. The molecule has 2 heterocycles. The Morgan fingerprint density at radius 3 is 2.86 bits per heavy atom. The average Bonchev–Trinajstić information content (AvgIpc) is 2.86. The predicted octanol–water partition coefficient (Wildman–Crippen LogP) is 2.44. The maximum atomic E-state index is 12.1. The monoisotopic (exact) mass is 310 g/mol. The topological polar surface area (TPSA) is 90.5 Å². The highest BCUT2D eigenvalue weighted by molar-refractivity contribution is 5.68. The third-order valence-electron chi connectivity index (χ3n) is 3.45. The molecule has 1 fully saturated rings. The van der Waals surface area contributed by atoms with E-state index in [1.165, 1.54) is 12.4 Å². The molecule has 0 unspecified atom stereocenters. The molecule has 0 spiro atoms. The van der Waals surface area contributed by atoms with Crippen LogP contribution in [0.1, 0.15) is 33.6 Å². The van der Waals surface area contributed by atoms with Crippen LogP contribution in [0, 0.1) is 16.0 Å². The number of nitro groups is 1. The molecule has 1 aromatic rings. The standard InChI is InChI=1S/C14H22N4O4/c1-14(2,3)22-13(19)16-6-4-5-11(8-16)9-17-10-12(7-15-17)18(20)21/h7,10-11H,4-6,8-9H2,1-3H3/t11-/m0/s1. The van der Waals surface area contributed by atoms with Crippen molar-refractivity contribution in [3.05, 3.63) is 22.5 Å². The van der Waals surface area contributed by atoms with Crippen molar-refractivity contribution < 1.29 is 14.5 Å². The van der Waals surface area contributed by atoms with Gasteiger partial charge in [0.2, 0.25) is 0 Å². The zero-order valence-electron chi connectivity index (χ0n) is 13.2. The summed E-state index contributed by atoms with van der Waals surface area (Å²) < 4.78 is 6.96. The van der Waals surface area contributed by atoms with Crippen molar-refractivity contribution in [1.82, 2.24) is 14.7 Å². The summed E-state index contributed by atoms with van der Waals surface area (Å²) in [7, 11) is 0. The lowest BCUT2D eigenvalue weighted by Crippen LogP contribution is -2.43. The molecule has 8 heteroatoms. The Kier molecular flexibility index (Phi) is 4.68. The average molecular weight is 310 g/mol. The number of hydrogen-bond acceptors (Lipinski definition) is 5. The molecule has 1 amide bonds. The summed E-state index contributed by atoms with van der Waals surface area (Å²) in [5, 5.41) is 14.7. The number of ether oxygens (including phenoxy) is 1. The Balaban J connectivity index is 1.92. The highest BCUT2D eigenvalue weighted by Gasteiger charge is 2.28. The zero-order chi connectivity index (χ0) is 16.3. The summed E-state index contributed by atoms with van der Waals surface area (Å²) in [6, 6.07) is 0. The fourth-order valence-corrected chi connectivity index (χ4v) is 2.52. The first-order valence-electron chi connectivity index (χ1n) is 7.39. The van der Waals surface area contributed by atoms with Crippen LogP contribution in [-0.2, 0) is 11.3 Å². The predicted molar refractivity (Wildman–Crippen MR) is 79.4 cm³/mol. The van der Waals surface area contributed by atoms with Crippen molar-refractivity contribution in [3.63, 3.8) is 0 Å². The van der Waals surface area contributed by atoms with E-state index in [0.29, 0.717) is 19.6 Å². The van der Waals surface area contributed by atoms with Gasteiger partial charge in [0.15, 0.2) is 0 Å². The summed E-state index contributed by atoms with van der Waals surface area (Å²) in [5.41, 5.74) is -0.521. The molecule has 0 bridgehead atoms. The third-order valence-corrected chi connectivity index (χ3v) is 3.45. The summed E-state index contributed by atoms with van der Waals surface area (Å²) >= 11 is 0. The highest BCUT2D eigenvalue weighted by atomic mass is 16.6. The fraction of sp³-hybridized carbons (Fsp3) is 0.714. The second-order valence-corrected chi connectivity index (χ2v) is 6.61. The number of amides is 1. The largest absolute Gasteiger partial charge is 0.444 e. The summed E-state index contributed by atoms with van der Waals surface area (Å²) in [6.07, 6.45) is 4.23. The fourth-order valence-electron chi connectivity index (χ4n) is 2.52. The van der Waals surface area contributed by atoms with Crippen molar-refractivity contribution in [3.8, 4) is 0 Å². The van der Waals surface area contributed by atoms with Crippen molar-refractivity contribution in [2.45, 2.75) is 45.8 Å². The second kappa shape index (κ2) is 6.33. The van der Waals surface area contributed by atoms with Gasteiger partial charge in [-0.25, -0.2) is 4.79 Å². The van der Waals surface area contributed by atoms with Gasteiger partial charge in [0, 0.05) is 19.6 Å². The Morgan fingerprint density at radius 2 is 2.27 bits per heavy atom. The van der Waals surface area contributed by atoms with Gasteiger partial charge >= 0.3 is 11.8 Å². The number of rotatable bonds is 3. The molecule has 1 aromatic heterocycles. The van der Waals surface area contributed by atoms with E-state index in [-0.39, 0.29) is 17.7 Å². The lowest BCUT2D eigenvalue weighted by atomic mass is 9.98. The number of piperidine rings is 1. The van der Waals surface area contributed by atoms with Crippen molar-refractivity contribution in [1.29, 1.82) is 0 Å². The molecular formula is C14H22N4O4. The van der Waals surface area contributed by atoms with Gasteiger partial charge in [-0.3, -0.25) is 14.8 Å². The first-order valence-corrected chi connectivity index (χ1v) is 7.39.